The fourth-order valence-electron chi connectivity index (χ4n) is 2.30. The molecular formula is C18H12F3N. The topological polar surface area (TPSA) is 12.9 Å². The molecule has 1 heterocycles. The Hall–Kier alpha value is -2.62. The van der Waals surface area contributed by atoms with Crippen LogP contribution in [0.4, 0.5) is 13.2 Å². The standard InChI is InChI=1S/C18H12F3N/c19-18(20,21)15-10-8-14(9-11-15)17-16(7-4-12-22-17)13-5-2-1-3-6-13/h1-12H. The van der Waals surface area contributed by atoms with Crippen LogP contribution in [0.2, 0.25) is 0 Å². The molecule has 1 aromatic heterocycles. The molecule has 0 fully saturated rings. The van der Waals surface area contributed by atoms with Gasteiger partial charge in [0.1, 0.15) is 0 Å². The minimum Gasteiger partial charge on any atom is -0.256 e. The first-order valence-electron chi connectivity index (χ1n) is 6.74. The summed E-state index contributed by atoms with van der Waals surface area (Å²) >= 11 is 0. The van der Waals surface area contributed by atoms with E-state index >= 15 is 0 Å². The molecule has 0 radical (unpaired) electrons. The van der Waals surface area contributed by atoms with Gasteiger partial charge in [-0.1, -0.05) is 48.5 Å². The van der Waals surface area contributed by atoms with Crippen molar-refractivity contribution in [2.45, 2.75) is 6.18 Å². The molecule has 0 unspecified atom stereocenters. The molecule has 0 saturated carbocycles. The molecule has 0 saturated heterocycles. The van der Waals surface area contributed by atoms with Crippen molar-refractivity contribution >= 4 is 0 Å². The van der Waals surface area contributed by atoms with E-state index in [2.05, 4.69) is 4.98 Å². The average Bonchev–Trinajstić information content (AvgIpc) is 2.55. The second-order valence-corrected chi connectivity index (χ2v) is 4.84. The second-order valence-electron chi connectivity index (χ2n) is 4.84. The Labute approximate surface area is 126 Å². The van der Waals surface area contributed by atoms with Crippen LogP contribution in [-0.2, 0) is 6.18 Å². The van der Waals surface area contributed by atoms with Gasteiger partial charge in [0.15, 0.2) is 0 Å². The number of aromatic nitrogens is 1. The smallest absolute Gasteiger partial charge is 0.256 e. The molecule has 3 rings (SSSR count). The van der Waals surface area contributed by atoms with Crippen molar-refractivity contribution in [2.75, 3.05) is 0 Å². The number of hydrogen-bond donors (Lipinski definition) is 0. The number of hydrogen-bond acceptors (Lipinski definition) is 1. The Kier molecular flexibility index (Phi) is 3.67. The van der Waals surface area contributed by atoms with E-state index in [1.807, 2.05) is 42.5 Å². The van der Waals surface area contributed by atoms with E-state index in [9.17, 15) is 13.2 Å². The van der Waals surface area contributed by atoms with E-state index in [1.165, 1.54) is 12.1 Å². The van der Waals surface area contributed by atoms with E-state index in [4.69, 9.17) is 0 Å². The van der Waals surface area contributed by atoms with Gasteiger partial charge in [0.25, 0.3) is 0 Å². The second kappa shape index (κ2) is 5.64. The summed E-state index contributed by atoms with van der Waals surface area (Å²) in [6, 6.07) is 18.4. The molecule has 1 nitrogen and oxygen atoms in total. The minimum atomic E-state index is -4.33. The zero-order valence-corrected chi connectivity index (χ0v) is 11.5. The van der Waals surface area contributed by atoms with Crippen LogP contribution in [0.5, 0.6) is 0 Å². The van der Waals surface area contributed by atoms with Crippen LogP contribution in [0.25, 0.3) is 22.4 Å². The lowest BCUT2D eigenvalue weighted by Gasteiger charge is -2.10. The van der Waals surface area contributed by atoms with E-state index in [-0.39, 0.29) is 0 Å². The highest BCUT2D eigenvalue weighted by Crippen LogP contribution is 2.33. The van der Waals surface area contributed by atoms with Crippen LogP contribution in [0.3, 0.4) is 0 Å². The van der Waals surface area contributed by atoms with Gasteiger partial charge in [-0.3, -0.25) is 4.98 Å². The Morgan fingerprint density at radius 1 is 0.682 bits per heavy atom. The Morgan fingerprint density at radius 2 is 1.36 bits per heavy atom. The summed E-state index contributed by atoms with van der Waals surface area (Å²) in [7, 11) is 0. The van der Waals surface area contributed by atoms with Gasteiger partial charge in [-0.15, -0.1) is 0 Å². The number of rotatable bonds is 2. The maximum Gasteiger partial charge on any atom is 0.416 e. The van der Waals surface area contributed by atoms with Crippen LogP contribution in [0.15, 0.2) is 72.9 Å². The van der Waals surface area contributed by atoms with Crippen molar-refractivity contribution in [1.82, 2.24) is 4.98 Å². The van der Waals surface area contributed by atoms with Gasteiger partial charge in [0.05, 0.1) is 11.3 Å². The fraction of sp³-hybridized carbons (Fsp3) is 0.0556. The van der Waals surface area contributed by atoms with Crippen LogP contribution in [-0.4, -0.2) is 4.98 Å². The SMILES string of the molecule is FC(F)(F)c1ccc(-c2ncccc2-c2ccccc2)cc1. The van der Waals surface area contributed by atoms with Crippen molar-refractivity contribution in [3.63, 3.8) is 0 Å². The molecule has 0 amide bonds. The van der Waals surface area contributed by atoms with Crippen molar-refractivity contribution in [2.24, 2.45) is 0 Å². The molecule has 0 bridgehead atoms. The summed E-state index contributed by atoms with van der Waals surface area (Å²) in [6.45, 7) is 0. The molecule has 0 aliphatic heterocycles. The molecule has 2 aromatic carbocycles. The molecule has 110 valence electrons. The predicted molar refractivity (Wildman–Crippen MR) is 80.1 cm³/mol. The van der Waals surface area contributed by atoms with E-state index in [0.717, 1.165) is 23.3 Å². The Bertz CT molecular complexity index is 762. The summed E-state index contributed by atoms with van der Waals surface area (Å²) in [5, 5.41) is 0. The van der Waals surface area contributed by atoms with Crippen LogP contribution in [0, 0.1) is 0 Å². The highest BCUT2D eigenvalue weighted by Gasteiger charge is 2.30. The van der Waals surface area contributed by atoms with Gasteiger partial charge in [-0.25, -0.2) is 0 Å². The number of alkyl halides is 3. The third-order valence-corrected chi connectivity index (χ3v) is 3.38. The normalized spacial score (nSPS) is 11.4. The van der Waals surface area contributed by atoms with E-state index < -0.39 is 11.7 Å². The highest BCUT2D eigenvalue weighted by molar-refractivity contribution is 5.80. The average molecular weight is 299 g/mol. The molecule has 0 aliphatic rings. The zero-order valence-electron chi connectivity index (χ0n) is 11.5. The maximum absolute atomic E-state index is 12.7. The predicted octanol–water partition coefficient (Wildman–Crippen LogP) is 5.43. The molecule has 0 N–H and O–H groups in total. The highest BCUT2D eigenvalue weighted by atomic mass is 19.4. The lowest BCUT2D eigenvalue weighted by molar-refractivity contribution is -0.137. The van der Waals surface area contributed by atoms with Gasteiger partial charge in [-0.05, 0) is 23.8 Å². The van der Waals surface area contributed by atoms with Crippen LogP contribution in [0.1, 0.15) is 5.56 Å². The molecule has 0 aliphatic carbocycles. The zero-order chi connectivity index (χ0) is 15.6. The number of benzene rings is 2. The van der Waals surface area contributed by atoms with E-state index in [0.29, 0.717) is 11.3 Å². The first-order chi connectivity index (χ1) is 10.6. The number of pyridine rings is 1. The van der Waals surface area contributed by atoms with Crippen molar-refractivity contribution in [1.29, 1.82) is 0 Å². The summed E-state index contributed by atoms with van der Waals surface area (Å²) < 4.78 is 38.0. The minimum absolute atomic E-state index is 0.659. The Balaban J connectivity index is 2.06. The van der Waals surface area contributed by atoms with Crippen molar-refractivity contribution in [3.05, 3.63) is 78.5 Å². The van der Waals surface area contributed by atoms with Gasteiger partial charge in [0.2, 0.25) is 0 Å². The summed E-state index contributed by atoms with van der Waals surface area (Å²) in [4.78, 5) is 4.34. The third-order valence-electron chi connectivity index (χ3n) is 3.38. The first kappa shape index (κ1) is 14.3. The van der Waals surface area contributed by atoms with Crippen LogP contribution >= 0.6 is 0 Å². The summed E-state index contributed by atoms with van der Waals surface area (Å²) in [5.41, 5.74) is 2.54. The lowest BCUT2D eigenvalue weighted by Crippen LogP contribution is -2.04. The molecule has 0 spiro atoms. The van der Waals surface area contributed by atoms with E-state index in [1.54, 1.807) is 6.20 Å². The number of nitrogens with zero attached hydrogens (tertiary/aromatic N) is 1. The summed E-state index contributed by atoms with van der Waals surface area (Å²) in [5.74, 6) is 0. The van der Waals surface area contributed by atoms with Crippen LogP contribution < -0.4 is 0 Å². The fourth-order valence-corrected chi connectivity index (χ4v) is 2.30. The lowest BCUT2D eigenvalue weighted by atomic mass is 9.99. The molecule has 22 heavy (non-hydrogen) atoms. The third kappa shape index (κ3) is 2.86. The van der Waals surface area contributed by atoms with Gasteiger partial charge in [0, 0.05) is 17.3 Å². The van der Waals surface area contributed by atoms with Crippen molar-refractivity contribution < 1.29 is 13.2 Å². The van der Waals surface area contributed by atoms with Gasteiger partial charge in [-0.2, -0.15) is 13.2 Å². The molecule has 3 aromatic rings. The maximum atomic E-state index is 12.7. The van der Waals surface area contributed by atoms with Gasteiger partial charge < -0.3 is 0 Å². The van der Waals surface area contributed by atoms with Crippen molar-refractivity contribution in [3.8, 4) is 22.4 Å². The quantitative estimate of drug-likeness (QED) is 0.614. The molecule has 4 heteroatoms. The number of halogens is 3. The Morgan fingerprint density at radius 3 is 2.00 bits per heavy atom. The molecule has 0 atom stereocenters. The first-order valence-corrected chi connectivity index (χ1v) is 6.74. The van der Waals surface area contributed by atoms with Gasteiger partial charge >= 0.3 is 6.18 Å². The monoisotopic (exact) mass is 299 g/mol. The largest absolute Gasteiger partial charge is 0.416 e. The summed E-state index contributed by atoms with van der Waals surface area (Å²) in [6.07, 6.45) is -2.69. The molecular weight excluding hydrogens is 287 g/mol.